The zero-order chi connectivity index (χ0) is 13.8. The van der Waals surface area contributed by atoms with Crippen molar-refractivity contribution in [3.63, 3.8) is 0 Å². The van der Waals surface area contributed by atoms with Gasteiger partial charge < -0.3 is 14.9 Å². The number of rotatable bonds is 4. The molecular formula is C16H26O3. The van der Waals surface area contributed by atoms with Gasteiger partial charge in [-0.15, -0.1) is 0 Å². The summed E-state index contributed by atoms with van der Waals surface area (Å²) in [5, 5.41) is 19.0. The number of aliphatic hydroxyl groups excluding tert-OH is 2. The Morgan fingerprint density at radius 3 is 1.32 bits per heavy atom. The molecule has 0 heterocycles. The monoisotopic (exact) mass is 266 g/mol. The second kappa shape index (κ2) is 6.58. The molecule has 0 aromatic heterocycles. The van der Waals surface area contributed by atoms with Gasteiger partial charge in [0.25, 0.3) is 0 Å². The lowest BCUT2D eigenvalue weighted by Crippen LogP contribution is -2.22. The van der Waals surface area contributed by atoms with E-state index in [0.717, 1.165) is 62.9 Å². The second-order valence-electron chi connectivity index (χ2n) is 6.05. The molecule has 0 saturated heterocycles. The molecule has 0 aromatic rings. The van der Waals surface area contributed by atoms with E-state index in [4.69, 9.17) is 4.74 Å². The minimum atomic E-state index is -0.146. The van der Waals surface area contributed by atoms with Gasteiger partial charge in [-0.05, 0) is 51.4 Å². The number of hydrogen-bond acceptors (Lipinski definition) is 3. The molecule has 2 fully saturated rings. The van der Waals surface area contributed by atoms with E-state index < -0.39 is 0 Å². The van der Waals surface area contributed by atoms with Gasteiger partial charge in [-0.25, -0.2) is 0 Å². The number of hydrogen-bond donors (Lipinski definition) is 2. The van der Waals surface area contributed by atoms with Gasteiger partial charge in [0.15, 0.2) is 0 Å². The molecule has 2 aliphatic carbocycles. The third kappa shape index (κ3) is 4.08. The van der Waals surface area contributed by atoms with Gasteiger partial charge in [0.2, 0.25) is 0 Å². The van der Waals surface area contributed by atoms with Crippen LogP contribution in [0.25, 0.3) is 0 Å². The van der Waals surface area contributed by atoms with Crippen LogP contribution in [-0.2, 0) is 4.74 Å². The minimum Gasteiger partial charge on any atom is -0.467 e. The molecule has 0 aliphatic heterocycles. The molecule has 0 spiro atoms. The molecule has 0 atom stereocenters. The summed E-state index contributed by atoms with van der Waals surface area (Å²) in [6.45, 7) is 8.08. The Kier molecular flexibility index (Phi) is 5.06. The molecule has 2 N–H and O–H groups in total. The molecule has 3 heteroatoms. The topological polar surface area (TPSA) is 49.7 Å². The van der Waals surface area contributed by atoms with E-state index in [1.54, 1.807) is 0 Å². The molecule has 0 aromatic carbocycles. The van der Waals surface area contributed by atoms with E-state index in [0.29, 0.717) is 11.8 Å². The molecule has 0 unspecified atom stereocenters. The van der Waals surface area contributed by atoms with E-state index in [1.807, 2.05) is 0 Å². The first-order chi connectivity index (χ1) is 9.06. The zero-order valence-corrected chi connectivity index (χ0v) is 11.7. The maximum absolute atomic E-state index is 9.51. The predicted molar refractivity (Wildman–Crippen MR) is 75.3 cm³/mol. The van der Waals surface area contributed by atoms with Gasteiger partial charge in [-0.2, -0.15) is 0 Å². The number of allylic oxidation sites excluding steroid dienone is 2. The molecule has 0 bridgehead atoms. The Bertz CT molecular complexity index is 289. The van der Waals surface area contributed by atoms with Gasteiger partial charge in [-0.3, -0.25) is 0 Å². The molecular weight excluding hydrogens is 240 g/mol. The summed E-state index contributed by atoms with van der Waals surface area (Å²) in [4.78, 5) is 0. The highest BCUT2D eigenvalue weighted by Gasteiger charge is 2.26. The third-order valence-electron chi connectivity index (χ3n) is 4.57. The highest BCUT2D eigenvalue weighted by molar-refractivity contribution is 5.03. The van der Waals surface area contributed by atoms with Crippen molar-refractivity contribution in [2.24, 2.45) is 11.8 Å². The maximum atomic E-state index is 9.51. The van der Waals surface area contributed by atoms with Gasteiger partial charge >= 0.3 is 0 Å². The summed E-state index contributed by atoms with van der Waals surface area (Å²) >= 11 is 0. The van der Waals surface area contributed by atoms with Crippen molar-refractivity contribution in [2.45, 2.75) is 63.6 Å². The highest BCUT2D eigenvalue weighted by Crippen LogP contribution is 2.35. The van der Waals surface area contributed by atoms with Crippen LogP contribution in [0.2, 0.25) is 0 Å². The Balaban J connectivity index is 1.77. The first kappa shape index (κ1) is 14.6. The van der Waals surface area contributed by atoms with Crippen molar-refractivity contribution >= 4 is 0 Å². The molecule has 2 rings (SSSR count). The van der Waals surface area contributed by atoms with Crippen LogP contribution >= 0.6 is 0 Å². The maximum Gasteiger partial charge on any atom is 0.0995 e. The second-order valence-corrected chi connectivity index (χ2v) is 6.05. The lowest BCUT2D eigenvalue weighted by Gasteiger charge is -2.30. The number of aliphatic hydroxyl groups is 2. The minimum absolute atomic E-state index is 0.146. The Hall–Kier alpha value is -0.800. The van der Waals surface area contributed by atoms with Crippen molar-refractivity contribution in [1.82, 2.24) is 0 Å². The molecule has 0 amide bonds. The van der Waals surface area contributed by atoms with Crippen LogP contribution in [0, 0.1) is 11.8 Å². The van der Waals surface area contributed by atoms with Crippen LogP contribution in [0.3, 0.4) is 0 Å². The van der Waals surface area contributed by atoms with E-state index in [-0.39, 0.29) is 12.2 Å². The summed E-state index contributed by atoms with van der Waals surface area (Å²) in [5.41, 5.74) is 0. The SMILES string of the molecule is C=C(OC(=C)C1CCC(O)CC1)C1CCC(O)CC1. The molecule has 108 valence electrons. The summed E-state index contributed by atoms with van der Waals surface area (Å²) in [5.74, 6) is 2.33. The van der Waals surface area contributed by atoms with Crippen molar-refractivity contribution in [2.75, 3.05) is 0 Å². The van der Waals surface area contributed by atoms with Crippen molar-refractivity contribution < 1.29 is 14.9 Å². The van der Waals surface area contributed by atoms with E-state index in [9.17, 15) is 10.2 Å². The van der Waals surface area contributed by atoms with Crippen LogP contribution < -0.4 is 0 Å². The van der Waals surface area contributed by atoms with Crippen molar-refractivity contribution in [3.05, 3.63) is 24.7 Å². The first-order valence-corrected chi connectivity index (χ1v) is 7.48. The van der Waals surface area contributed by atoms with E-state index >= 15 is 0 Å². The Morgan fingerprint density at radius 2 is 1.00 bits per heavy atom. The van der Waals surface area contributed by atoms with Crippen LogP contribution in [0.1, 0.15) is 51.4 Å². The summed E-state index contributed by atoms with van der Waals surface area (Å²) in [7, 11) is 0. The van der Waals surface area contributed by atoms with Crippen molar-refractivity contribution in [1.29, 1.82) is 0 Å². The largest absolute Gasteiger partial charge is 0.467 e. The van der Waals surface area contributed by atoms with Gasteiger partial charge in [0.05, 0.1) is 23.7 Å². The number of ether oxygens (including phenoxy) is 1. The standard InChI is InChI=1S/C16H26O3/c1-11(13-3-7-15(17)8-4-13)19-12(2)14-5-9-16(18)10-6-14/h13-18H,1-10H2. The zero-order valence-electron chi connectivity index (χ0n) is 11.7. The molecule has 0 radical (unpaired) electrons. The lowest BCUT2D eigenvalue weighted by atomic mass is 9.85. The molecule has 19 heavy (non-hydrogen) atoms. The van der Waals surface area contributed by atoms with Crippen LogP contribution in [0.4, 0.5) is 0 Å². The molecule has 2 aliphatic rings. The lowest BCUT2D eigenvalue weighted by molar-refractivity contribution is 0.0858. The summed E-state index contributed by atoms with van der Waals surface area (Å²) in [6, 6.07) is 0. The fraction of sp³-hybridized carbons (Fsp3) is 0.750. The quantitative estimate of drug-likeness (QED) is 0.769. The fourth-order valence-electron chi connectivity index (χ4n) is 3.13. The predicted octanol–water partition coefficient (Wildman–Crippen LogP) is 3.13. The van der Waals surface area contributed by atoms with Gasteiger partial charge in [0, 0.05) is 11.8 Å². The smallest absolute Gasteiger partial charge is 0.0995 e. The average molecular weight is 266 g/mol. The highest BCUT2D eigenvalue weighted by atomic mass is 16.5. The van der Waals surface area contributed by atoms with Gasteiger partial charge in [-0.1, -0.05) is 13.2 Å². The fourth-order valence-corrected chi connectivity index (χ4v) is 3.13. The van der Waals surface area contributed by atoms with Crippen LogP contribution in [0.5, 0.6) is 0 Å². The van der Waals surface area contributed by atoms with E-state index in [1.165, 1.54) is 0 Å². The average Bonchev–Trinajstić information content (AvgIpc) is 2.40. The van der Waals surface area contributed by atoms with E-state index in [2.05, 4.69) is 13.2 Å². The Labute approximate surface area is 116 Å². The summed E-state index contributed by atoms with van der Waals surface area (Å²) in [6.07, 6.45) is 6.90. The molecule has 2 saturated carbocycles. The van der Waals surface area contributed by atoms with Crippen molar-refractivity contribution in [3.8, 4) is 0 Å². The van der Waals surface area contributed by atoms with Crippen LogP contribution in [-0.4, -0.2) is 22.4 Å². The first-order valence-electron chi connectivity index (χ1n) is 7.48. The Morgan fingerprint density at radius 1 is 0.684 bits per heavy atom. The van der Waals surface area contributed by atoms with Gasteiger partial charge in [0.1, 0.15) is 0 Å². The summed E-state index contributed by atoms with van der Waals surface area (Å²) < 4.78 is 5.85. The normalized spacial score (nSPS) is 35.7. The van der Waals surface area contributed by atoms with Crippen LogP contribution in [0.15, 0.2) is 24.7 Å². The molecule has 3 nitrogen and oxygen atoms in total. The third-order valence-corrected chi connectivity index (χ3v) is 4.57.